The summed E-state index contributed by atoms with van der Waals surface area (Å²) in [4.78, 5) is 2.40. The van der Waals surface area contributed by atoms with E-state index >= 15 is 0 Å². The van der Waals surface area contributed by atoms with Gasteiger partial charge in [0.15, 0.2) is 0 Å². The molecule has 1 aliphatic rings. The highest BCUT2D eigenvalue weighted by atomic mass is 16.5. The third-order valence-electron chi connectivity index (χ3n) is 3.64. The lowest BCUT2D eigenvalue weighted by atomic mass is 10.1. The van der Waals surface area contributed by atoms with Crippen LogP contribution in [0.25, 0.3) is 0 Å². The lowest BCUT2D eigenvalue weighted by Gasteiger charge is -2.37. The van der Waals surface area contributed by atoms with Gasteiger partial charge in [-0.3, -0.25) is 4.90 Å². The van der Waals surface area contributed by atoms with Crippen LogP contribution in [0.2, 0.25) is 0 Å². The molecule has 0 amide bonds. The molecular weight excluding hydrogens is 242 g/mol. The Balaban J connectivity index is 2.16. The van der Waals surface area contributed by atoms with Gasteiger partial charge in [-0.05, 0) is 31.5 Å². The van der Waals surface area contributed by atoms with Crippen molar-refractivity contribution >= 4 is 0 Å². The fraction of sp³-hybridized carbons (Fsp3) is 0.600. The lowest BCUT2D eigenvalue weighted by Crippen LogP contribution is -2.46. The van der Waals surface area contributed by atoms with E-state index in [0.29, 0.717) is 6.04 Å². The monoisotopic (exact) mass is 265 g/mol. The van der Waals surface area contributed by atoms with Crippen molar-refractivity contribution in [2.24, 2.45) is 0 Å². The van der Waals surface area contributed by atoms with Gasteiger partial charge in [0.05, 0.1) is 26.4 Å². The van der Waals surface area contributed by atoms with Gasteiger partial charge >= 0.3 is 0 Å². The molecule has 1 saturated heterocycles. The Bertz CT molecular complexity index is 422. The summed E-state index contributed by atoms with van der Waals surface area (Å²) in [5.74, 6) is 0.878. The van der Waals surface area contributed by atoms with Crippen molar-refractivity contribution in [2.45, 2.75) is 39.1 Å². The van der Waals surface area contributed by atoms with E-state index in [1.54, 1.807) is 7.11 Å². The second kappa shape index (κ2) is 6.37. The molecule has 4 heteroatoms. The highest BCUT2D eigenvalue weighted by Gasteiger charge is 2.24. The summed E-state index contributed by atoms with van der Waals surface area (Å²) in [6.45, 7) is 6.85. The van der Waals surface area contributed by atoms with E-state index < -0.39 is 0 Å². The first-order valence-corrected chi connectivity index (χ1v) is 6.76. The first-order valence-electron chi connectivity index (χ1n) is 6.76. The van der Waals surface area contributed by atoms with Crippen molar-refractivity contribution in [3.8, 4) is 5.75 Å². The SMILES string of the molecule is COc1ccc(CO)cc1CN1CC(C)OCC1C. The molecule has 4 nitrogen and oxygen atoms in total. The summed E-state index contributed by atoms with van der Waals surface area (Å²) < 4.78 is 11.1. The van der Waals surface area contributed by atoms with Gasteiger partial charge in [-0.1, -0.05) is 6.07 Å². The Morgan fingerprint density at radius 3 is 2.89 bits per heavy atom. The van der Waals surface area contributed by atoms with Gasteiger partial charge in [0.2, 0.25) is 0 Å². The third kappa shape index (κ3) is 3.47. The predicted octanol–water partition coefficient (Wildman–Crippen LogP) is 1.80. The van der Waals surface area contributed by atoms with Crippen LogP contribution >= 0.6 is 0 Å². The molecule has 1 heterocycles. The zero-order valence-corrected chi connectivity index (χ0v) is 11.9. The van der Waals surface area contributed by atoms with Crippen LogP contribution in [0.1, 0.15) is 25.0 Å². The molecule has 1 aromatic carbocycles. The summed E-state index contributed by atoms with van der Waals surface area (Å²) in [5.41, 5.74) is 2.04. The van der Waals surface area contributed by atoms with Gasteiger partial charge < -0.3 is 14.6 Å². The predicted molar refractivity (Wildman–Crippen MR) is 74.2 cm³/mol. The first kappa shape index (κ1) is 14.3. The summed E-state index contributed by atoms with van der Waals surface area (Å²) in [5, 5.41) is 9.25. The number of nitrogens with zero attached hydrogens (tertiary/aromatic N) is 1. The second-order valence-electron chi connectivity index (χ2n) is 5.23. The minimum Gasteiger partial charge on any atom is -0.496 e. The normalized spacial score (nSPS) is 24.4. The van der Waals surface area contributed by atoms with Crippen LogP contribution in [-0.4, -0.2) is 42.4 Å². The van der Waals surface area contributed by atoms with Gasteiger partial charge in [0.25, 0.3) is 0 Å². The molecule has 0 bridgehead atoms. The van der Waals surface area contributed by atoms with Crippen molar-refractivity contribution in [1.29, 1.82) is 0 Å². The van der Waals surface area contributed by atoms with Crippen molar-refractivity contribution in [3.05, 3.63) is 29.3 Å². The van der Waals surface area contributed by atoms with E-state index in [9.17, 15) is 5.11 Å². The van der Waals surface area contributed by atoms with E-state index in [0.717, 1.165) is 36.6 Å². The molecule has 0 radical (unpaired) electrons. The van der Waals surface area contributed by atoms with Crippen molar-refractivity contribution in [3.63, 3.8) is 0 Å². The standard InChI is InChI=1S/C15H23NO3/c1-11-10-19-12(2)7-16(11)8-14-6-13(9-17)4-5-15(14)18-3/h4-6,11-12,17H,7-10H2,1-3H3. The number of hydrogen-bond acceptors (Lipinski definition) is 4. The average Bonchev–Trinajstić information content (AvgIpc) is 2.42. The molecule has 0 aliphatic carbocycles. The Labute approximate surface area is 114 Å². The third-order valence-corrected chi connectivity index (χ3v) is 3.64. The molecule has 1 fully saturated rings. The number of benzene rings is 1. The van der Waals surface area contributed by atoms with Crippen molar-refractivity contribution < 1.29 is 14.6 Å². The number of aliphatic hydroxyl groups is 1. The molecule has 1 aliphatic heterocycles. The first-order chi connectivity index (χ1) is 9.13. The highest BCUT2D eigenvalue weighted by Crippen LogP contribution is 2.24. The quantitative estimate of drug-likeness (QED) is 0.901. The van der Waals surface area contributed by atoms with Crippen molar-refractivity contribution in [1.82, 2.24) is 4.90 Å². The number of morpholine rings is 1. The van der Waals surface area contributed by atoms with Crippen molar-refractivity contribution in [2.75, 3.05) is 20.3 Å². The van der Waals surface area contributed by atoms with Gasteiger partial charge in [0.1, 0.15) is 5.75 Å². The Kier molecular flexibility index (Phi) is 4.80. The molecule has 19 heavy (non-hydrogen) atoms. The molecule has 0 saturated carbocycles. The van der Waals surface area contributed by atoms with Crippen LogP contribution in [0.15, 0.2) is 18.2 Å². The number of rotatable bonds is 4. The molecule has 106 valence electrons. The van der Waals surface area contributed by atoms with E-state index in [4.69, 9.17) is 9.47 Å². The van der Waals surface area contributed by atoms with Gasteiger partial charge in [0, 0.05) is 24.7 Å². The summed E-state index contributed by atoms with van der Waals surface area (Å²) in [6, 6.07) is 6.24. The average molecular weight is 265 g/mol. The van der Waals surface area contributed by atoms with Crippen LogP contribution in [-0.2, 0) is 17.9 Å². The van der Waals surface area contributed by atoms with Crippen LogP contribution in [0.5, 0.6) is 5.75 Å². The van der Waals surface area contributed by atoms with Crippen LogP contribution in [0, 0.1) is 0 Å². The molecule has 2 unspecified atom stereocenters. The zero-order valence-electron chi connectivity index (χ0n) is 11.9. The fourth-order valence-corrected chi connectivity index (χ4v) is 2.46. The number of ether oxygens (including phenoxy) is 2. The van der Waals surface area contributed by atoms with Gasteiger partial charge in [-0.15, -0.1) is 0 Å². The Hall–Kier alpha value is -1.10. The molecule has 1 N–H and O–H groups in total. The minimum absolute atomic E-state index is 0.0616. The molecule has 0 spiro atoms. The van der Waals surface area contributed by atoms with E-state index in [1.807, 2.05) is 18.2 Å². The van der Waals surface area contributed by atoms with E-state index in [-0.39, 0.29) is 12.7 Å². The summed E-state index contributed by atoms with van der Waals surface area (Å²) >= 11 is 0. The largest absolute Gasteiger partial charge is 0.496 e. The van der Waals surface area contributed by atoms with Crippen LogP contribution in [0.3, 0.4) is 0 Å². The lowest BCUT2D eigenvalue weighted by molar-refractivity contribution is -0.0528. The molecule has 2 atom stereocenters. The smallest absolute Gasteiger partial charge is 0.123 e. The second-order valence-corrected chi connectivity index (χ2v) is 5.23. The van der Waals surface area contributed by atoms with Crippen LogP contribution < -0.4 is 4.74 Å². The molecular formula is C15H23NO3. The maximum absolute atomic E-state index is 9.25. The molecule has 0 aromatic heterocycles. The topological polar surface area (TPSA) is 41.9 Å². The number of hydrogen-bond donors (Lipinski definition) is 1. The Morgan fingerprint density at radius 1 is 1.42 bits per heavy atom. The fourth-order valence-electron chi connectivity index (χ4n) is 2.46. The van der Waals surface area contributed by atoms with Gasteiger partial charge in [-0.2, -0.15) is 0 Å². The van der Waals surface area contributed by atoms with Gasteiger partial charge in [-0.25, -0.2) is 0 Å². The number of aliphatic hydroxyl groups excluding tert-OH is 1. The van der Waals surface area contributed by atoms with E-state index in [1.165, 1.54) is 0 Å². The highest BCUT2D eigenvalue weighted by molar-refractivity contribution is 5.37. The zero-order chi connectivity index (χ0) is 13.8. The maximum Gasteiger partial charge on any atom is 0.123 e. The summed E-state index contributed by atoms with van der Waals surface area (Å²) in [6.07, 6.45) is 0.267. The minimum atomic E-state index is 0.0616. The van der Waals surface area contributed by atoms with E-state index in [2.05, 4.69) is 18.7 Å². The molecule has 1 aromatic rings. The maximum atomic E-state index is 9.25. The number of methoxy groups -OCH3 is 1. The Morgan fingerprint density at radius 2 is 2.21 bits per heavy atom. The molecule has 2 rings (SSSR count). The summed E-state index contributed by atoms with van der Waals surface area (Å²) in [7, 11) is 1.68. The van der Waals surface area contributed by atoms with Crippen LogP contribution in [0.4, 0.5) is 0 Å².